The Kier molecular flexibility index (Phi) is 5.16. The lowest BCUT2D eigenvalue weighted by Crippen LogP contribution is -2.29. The van der Waals surface area contributed by atoms with Crippen LogP contribution < -0.4 is 10.2 Å². The van der Waals surface area contributed by atoms with E-state index >= 15 is 0 Å². The van der Waals surface area contributed by atoms with E-state index in [2.05, 4.69) is 10.2 Å². The van der Waals surface area contributed by atoms with E-state index in [1.807, 2.05) is 49.4 Å². The standard InChI is InChI=1S/C23H23N3O3/c1-16(19-10-6-8-17-7-2-3-9-20(17)19)24-23(27)21-15-18(26(28)29)11-12-22(21)25-13-4-5-14-25/h2-3,6-12,15-16H,4-5,13-14H2,1H3,(H,24,27). The predicted molar refractivity (Wildman–Crippen MR) is 114 cm³/mol. The molecule has 1 heterocycles. The van der Waals surface area contributed by atoms with E-state index < -0.39 is 4.92 Å². The van der Waals surface area contributed by atoms with Crippen LogP contribution in [0.5, 0.6) is 0 Å². The van der Waals surface area contributed by atoms with Gasteiger partial charge in [-0.25, -0.2) is 0 Å². The molecule has 3 aromatic carbocycles. The Hall–Kier alpha value is -3.41. The van der Waals surface area contributed by atoms with Crippen molar-refractivity contribution < 1.29 is 9.72 Å². The number of amides is 1. The zero-order chi connectivity index (χ0) is 20.4. The van der Waals surface area contributed by atoms with Crippen LogP contribution in [0, 0.1) is 10.1 Å². The number of nitro groups is 1. The SMILES string of the molecule is CC(NC(=O)c1cc([N+](=O)[O-])ccc1N1CCCC1)c1cccc2ccccc12. The molecule has 1 unspecified atom stereocenters. The molecule has 1 atom stereocenters. The van der Waals surface area contributed by atoms with Crippen molar-refractivity contribution in [3.63, 3.8) is 0 Å². The second kappa shape index (κ2) is 7.91. The molecule has 4 rings (SSSR count). The Bertz CT molecular complexity index is 1070. The molecule has 0 radical (unpaired) electrons. The molecule has 6 heteroatoms. The number of rotatable bonds is 5. The van der Waals surface area contributed by atoms with E-state index in [-0.39, 0.29) is 17.6 Å². The van der Waals surface area contributed by atoms with Crippen molar-refractivity contribution in [3.05, 3.63) is 81.9 Å². The van der Waals surface area contributed by atoms with Crippen molar-refractivity contribution >= 4 is 28.1 Å². The second-order valence-corrected chi connectivity index (χ2v) is 7.42. The molecule has 1 fully saturated rings. The highest BCUT2D eigenvalue weighted by molar-refractivity contribution is 6.01. The molecule has 1 N–H and O–H groups in total. The summed E-state index contributed by atoms with van der Waals surface area (Å²) in [6, 6.07) is 18.4. The molecule has 0 spiro atoms. The highest BCUT2D eigenvalue weighted by atomic mass is 16.6. The van der Waals surface area contributed by atoms with Gasteiger partial charge in [-0.1, -0.05) is 42.5 Å². The Morgan fingerprint density at radius 2 is 1.79 bits per heavy atom. The van der Waals surface area contributed by atoms with Gasteiger partial charge < -0.3 is 10.2 Å². The summed E-state index contributed by atoms with van der Waals surface area (Å²) in [6.45, 7) is 3.65. The van der Waals surface area contributed by atoms with Gasteiger partial charge in [0.25, 0.3) is 11.6 Å². The summed E-state index contributed by atoms with van der Waals surface area (Å²) in [7, 11) is 0. The van der Waals surface area contributed by atoms with Crippen LogP contribution in [0.1, 0.15) is 41.7 Å². The maximum absolute atomic E-state index is 13.2. The Labute approximate surface area is 169 Å². The molecule has 1 amide bonds. The van der Waals surface area contributed by atoms with Gasteiger partial charge in [0, 0.05) is 25.2 Å². The number of fused-ring (bicyclic) bond motifs is 1. The minimum absolute atomic E-state index is 0.0732. The Balaban J connectivity index is 1.66. The van der Waals surface area contributed by atoms with Gasteiger partial charge in [-0.15, -0.1) is 0 Å². The van der Waals surface area contributed by atoms with Crippen molar-refractivity contribution in [1.29, 1.82) is 0 Å². The number of hydrogen-bond donors (Lipinski definition) is 1. The first-order valence-electron chi connectivity index (χ1n) is 9.86. The third kappa shape index (κ3) is 3.78. The fourth-order valence-electron chi connectivity index (χ4n) is 4.03. The van der Waals surface area contributed by atoms with Crippen LogP contribution in [0.25, 0.3) is 10.8 Å². The van der Waals surface area contributed by atoms with E-state index in [0.29, 0.717) is 5.56 Å². The first-order chi connectivity index (χ1) is 14.0. The maximum atomic E-state index is 13.2. The summed E-state index contributed by atoms with van der Waals surface area (Å²) < 4.78 is 0. The predicted octanol–water partition coefficient (Wildman–Crippen LogP) is 4.84. The van der Waals surface area contributed by atoms with Gasteiger partial charge in [-0.05, 0) is 42.2 Å². The lowest BCUT2D eigenvalue weighted by atomic mass is 9.99. The van der Waals surface area contributed by atoms with E-state index in [1.165, 1.54) is 12.1 Å². The molecule has 6 nitrogen and oxygen atoms in total. The molecular formula is C23H23N3O3. The number of hydrogen-bond acceptors (Lipinski definition) is 4. The van der Waals surface area contributed by atoms with Crippen molar-refractivity contribution in [2.24, 2.45) is 0 Å². The first-order valence-corrected chi connectivity index (χ1v) is 9.86. The fraction of sp³-hybridized carbons (Fsp3) is 0.261. The second-order valence-electron chi connectivity index (χ2n) is 7.42. The third-order valence-corrected chi connectivity index (χ3v) is 5.52. The van der Waals surface area contributed by atoms with Gasteiger partial charge in [-0.3, -0.25) is 14.9 Å². The molecule has 0 bridgehead atoms. The van der Waals surface area contributed by atoms with E-state index in [9.17, 15) is 14.9 Å². The van der Waals surface area contributed by atoms with Gasteiger partial charge >= 0.3 is 0 Å². The summed E-state index contributed by atoms with van der Waals surface area (Å²) in [4.78, 5) is 26.1. The van der Waals surface area contributed by atoms with Crippen molar-refractivity contribution in [2.45, 2.75) is 25.8 Å². The van der Waals surface area contributed by atoms with Crippen molar-refractivity contribution in [3.8, 4) is 0 Å². The largest absolute Gasteiger partial charge is 0.371 e. The number of anilines is 1. The van der Waals surface area contributed by atoms with Gasteiger partial charge in [0.15, 0.2) is 0 Å². The number of carbonyl (C=O) groups is 1. The van der Waals surface area contributed by atoms with Gasteiger partial charge in [-0.2, -0.15) is 0 Å². The van der Waals surface area contributed by atoms with E-state index in [0.717, 1.165) is 48.0 Å². The van der Waals surface area contributed by atoms with Crippen LogP contribution >= 0.6 is 0 Å². The van der Waals surface area contributed by atoms with Gasteiger partial charge in [0.1, 0.15) is 0 Å². The molecule has 0 aromatic heterocycles. The monoisotopic (exact) mass is 389 g/mol. The maximum Gasteiger partial charge on any atom is 0.270 e. The topological polar surface area (TPSA) is 75.5 Å². The lowest BCUT2D eigenvalue weighted by Gasteiger charge is -2.22. The van der Waals surface area contributed by atoms with Crippen LogP contribution in [0.2, 0.25) is 0 Å². The third-order valence-electron chi connectivity index (χ3n) is 5.52. The number of nitrogens with one attached hydrogen (secondary N) is 1. The molecule has 1 aliphatic heterocycles. The van der Waals surface area contributed by atoms with Crippen LogP contribution in [0.4, 0.5) is 11.4 Å². The highest BCUT2D eigenvalue weighted by Gasteiger charge is 2.24. The average molecular weight is 389 g/mol. The summed E-state index contributed by atoms with van der Waals surface area (Å²) in [5.74, 6) is -0.295. The van der Waals surface area contributed by atoms with Crippen LogP contribution in [-0.4, -0.2) is 23.9 Å². The van der Waals surface area contributed by atoms with E-state index in [4.69, 9.17) is 0 Å². The lowest BCUT2D eigenvalue weighted by molar-refractivity contribution is -0.384. The molecule has 1 saturated heterocycles. The average Bonchev–Trinajstić information content (AvgIpc) is 3.27. The summed E-state index contributed by atoms with van der Waals surface area (Å²) in [6.07, 6.45) is 2.12. The normalized spacial score (nSPS) is 14.7. The summed E-state index contributed by atoms with van der Waals surface area (Å²) in [5.41, 5.74) is 2.06. The summed E-state index contributed by atoms with van der Waals surface area (Å²) >= 11 is 0. The minimum Gasteiger partial charge on any atom is -0.371 e. The smallest absolute Gasteiger partial charge is 0.270 e. The molecule has 29 heavy (non-hydrogen) atoms. The fourth-order valence-corrected chi connectivity index (χ4v) is 4.03. The number of nitrogens with zero attached hydrogens (tertiary/aromatic N) is 2. The Morgan fingerprint density at radius 3 is 2.55 bits per heavy atom. The zero-order valence-electron chi connectivity index (χ0n) is 16.3. The highest BCUT2D eigenvalue weighted by Crippen LogP contribution is 2.30. The number of benzene rings is 3. The van der Waals surface area contributed by atoms with Crippen LogP contribution in [0.15, 0.2) is 60.7 Å². The zero-order valence-corrected chi connectivity index (χ0v) is 16.3. The van der Waals surface area contributed by atoms with E-state index in [1.54, 1.807) is 6.07 Å². The number of carbonyl (C=O) groups excluding carboxylic acids is 1. The first kappa shape index (κ1) is 18.9. The molecule has 3 aromatic rings. The minimum atomic E-state index is -0.460. The van der Waals surface area contributed by atoms with Gasteiger partial charge in [0.2, 0.25) is 0 Å². The van der Waals surface area contributed by atoms with Crippen LogP contribution in [0.3, 0.4) is 0 Å². The quantitative estimate of drug-likeness (QED) is 0.500. The summed E-state index contributed by atoms with van der Waals surface area (Å²) in [5, 5.41) is 16.5. The Morgan fingerprint density at radius 1 is 1.07 bits per heavy atom. The molecule has 148 valence electrons. The van der Waals surface area contributed by atoms with Gasteiger partial charge in [0.05, 0.1) is 22.2 Å². The van der Waals surface area contributed by atoms with Crippen molar-refractivity contribution in [1.82, 2.24) is 5.32 Å². The van der Waals surface area contributed by atoms with Crippen LogP contribution in [-0.2, 0) is 0 Å². The molecule has 0 saturated carbocycles. The number of non-ortho nitro benzene ring substituents is 1. The molecule has 0 aliphatic carbocycles. The van der Waals surface area contributed by atoms with Crippen molar-refractivity contribution in [2.75, 3.05) is 18.0 Å². The number of nitro benzene ring substituents is 1. The molecular weight excluding hydrogens is 366 g/mol. The molecule has 1 aliphatic rings.